The number of aromatic amines is 1. The summed E-state index contributed by atoms with van der Waals surface area (Å²) in [6, 6.07) is 7.12. The predicted molar refractivity (Wildman–Crippen MR) is 87.0 cm³/mol. The minimum atomic E-state index is -0.598. The number of amides is 1. The molecular weight excluding hydrogens is 318 g/mol. The van der Waals surface area contributed by atoms with Crippen LogP contribution in [0.15, 0.2) is 40.1 Å². The molecule has 0 bridgehead atoms. The fraction of sp³-hybridized carbons (Fsp3) is 0.312. The monoisotopic (exact) mass is 333 g/mol. The van der Waals surface area contributed by atoms with E-state index in [1.54, 1.807) is 24.3 Å². The van der Waals surface area contributed by atoms with E-state index >= 15 is 0 Å². The Bertz CT molecular complexity index is 833. The Labute approximate surface area is 137 Å². The number of rotatable bonds is 3. The highest BCUT2D eigenvalue weighted by Crippen LogP contribution is 2.14. The lowest BCUT2D eigenvalue weighted by atomic mass is 10.1. The van der Waals surface area contributed by atoms with Gasteiger partial charge in [-0.15, -0.1) is 0 Å². The molecule has 1 aliphatic heterocycles. The number of hydrogen-bond acceptors (Lipinski definition) is 3. The first kappa shape index (κ1) is 15.6. The molecule has 1 aromatic heterocycles. The summed E-state index contributed by atoms with van der Waals surface area (Å²) in [6.07, 6.45) is 3.42. The lowest BCUT2D eigenvalue weighted by Crippen LogP contribution is -2.30. The molecule has 0 radical (unpaired) electrons. The zero-order valence-electron chi connectivity index (χ0n) is 12.4. The second-order valence-electron chi connectivity index (χ2n) is 5.56. The number of hydrogen-bond donors (Lipinski definition) is 1. The molecule has 6 nitrogen and oxygen atoms in total. The summed E-state index contributed by atoms with van der Waals surface area (Å²) >= 11 is 5.74. The van der Waals surface area contributed by atoms with Crippen molar-refractivity contribution >= 4 is 17.5 Å². The van der Waals surface area contributed by atoms with Crippen LogP contribution >= 0.6 is 11.6 Å². The Balaban J connectivity index is 1.77. The third kappa shape index (κ3) is 3.37. The maximum atomic E-state index is 12.3. The van der Waals surface area contributed by atoms with Crippen molar-refractivity contribution in [2.45, 2.75) is 19.4 Å². The first-order chi connectivity index (χ1) is 11.0. The molecule has 0 saturated carbocycles. The molecule has 1 aromatic carbocycles. The molecule has 2 heterocycles. The van der Waals surface area contributed by atoms with E-state index in [-0.39, 0.29) is 17.5 Å². The predicted octanol–water partition coefficient (Wildman–Crippen LogP) is 1.47. The molecule has 120 valence electrons. The van der Waals surface area contributed by atoms with Gasteiger partial charge in [-0.05, 0) is 30.5 Å². The van der Waals surface area contributed by atoms with Gasteiger partial charge in [-0.1, -0.05) is 23.7 Å². The van der Waals surface area contributed by atoms with E-state index in [0.717, 1.165) is 31.5 Å². The molecule has 1 saturated heterocycles. The fourth-order valence-electron chi connectivity index (χ4n) is 2.65. The normalized spacial score (nSPS) is 14.2. The Morgan fingerprint density at radius 2 is 1.78 bits per heavy atom. The van der Waals surface area contributed by atoms with Gasteiger partial charge < -0.3 is 4.90 Å². The van der Waals surface area contributed by atoms with Gasteiger partial charge in [-0.25, -0.2) is 4.79 Å². The van der Waals surface area contributed by atoms with Gasteiger partial charge in [0, 0.05) is 24.8 Å². The third-order valence-electron chi connectivity index (χ3n) is 3.91. The van der Waals surface area contributed by atoms with Gasteiger partial charge in [0.05, 0.1) is 6.54 Å². The number of nitrogens with one attached hydrogen (secondary N) is 1. The summed E-state index contributed by atoms with van der Waals surface area (Å²) in [6.45, 7) is 1.89. The molecule has 3 rings (SSSR count). The summed E-state index contributed by atoms with van der Waals surface area (Å²) in [7, 11) is 0. The average Bonchev–Trinajstić information content (AvgIpc) is 3.07. The van der Waals surface area contributed by atoms with E-state index < -0.39 is 11.2 Å². The average molecular weight is 334 g/mol. The van der Waals surface area contributed by atoms with E-state index in [0.29, 0.717) is 5.56 Å². The number of carbonyl (C=O) groups is 1. The van der Waals surface area contributed by atoms with Gasteiger partial charge in [-0.2, -0.15) is 0 Å². The van der Waals surface area contributed by atoms with Crippen molar-refractivity contribution in [2.75, 3.05) is 13.1 Å². The highest BCUT2D eigenvalue weighted by Gasteiger charge is 2.19. The van der Waals surface area contributed by atoms with Gasteiger partial charge >= 0.3 is 5.69 Å². The van der Waals surface area contributed by atoms with Crippen LogP contribution in [0.5, 0.6) is 0 Å². The van der Waals surface area contributed by atoms with Crippen molar-refractivity contribution in [3.05, 3.63) is 67.4 Å². The van der Waals surface area contributed by atoms with E-state index in [9.17, 15) is 14.4 Å². The zero-order valence-corrected chi connectivity index (χ0v) is 13.2. The lowest BCUT2D eigenvalue weighted by molar-refractivity contribution is 0.0793. The smallest absolute Gasteiger partial charge is 0.328 e. The van der Waals surface area contributed by atoms with Crippen LogP contribution in [0.2, 0.25) is 5.02 Å². The number of carbonyl (C=O) groups excluding carboxylic acids is 1. The lowest BCUT2D eigenvalue weighted by Gasteiger charge is -2.15. The van der Waals surface area contributed by atoms with Gasteiger partial charge in [0.2, 0.25) is 0 Å². The molecule has 0 unspecified atom stereocenters. The number of halogens is 1. The zero-order chi connectivity index (χ0) is 16.4. The van der Waals surface area contributed by atoms with Crippen molar-refractivity contribution in [3.63, 3.8) is 0 Å². The van der Waals surface area contributed by atoms with Gasteiger partial charge in [-0.3, -0.25) is 19.1 Å². The van der Waals surface area contributed by atoms with Crippen molar-refractivity contribution in [1.29, 1.82) is 0 Å². The maximum Gasteiger partial charge on any atom is 0.328 e. The van der Waals surface area contributed by atoms with Crippen LogP contribution in [0.25, 0.3) is 0 Å². The van der Waals surface area contributed by atoms with Gasteiger partial charge in [0.15, 0.2) is 0 Å². The van der Waals surface area contributed by atoms with Crippen LogP contribution in [0, 0.1) is 0 Å². The van der Waals surface area contributed by atoms with Gasteiger partial charge in [0.1, 0.15) is 5.02 Å². The number of nitrogens with zero attached hydrogens (tertiary/aromatic N) is 2. The molecule has 23 heavy (non-hydrogen) atoms. The minimum Gasteiger partial charge on any atom is -0.339 e. The van der Waals surface area contributed by atoms with Crippen LogP contribution in [-0.2, 0) is 6.54 Å². The highest BCUT2D eigenvalue weighted by atomic mass is 35.5. The Morgan fingerprint density at radius 3 is 2.43 bits per heavy atom. The summed E-state index contributed by atoms with van der Waals surface area (Å²) in [4.78, 5) is 39.2. The highest BCUT2D eigenvalue weighted by molar-refractivity contribution is 6.30. The topological polar surface area (TPSA) is 75.2 Å². The Kier molecular flexibility index (Phi) is 4.34. The van der Waals surface area contributed by atoms with Crippen LogP contribution in [0.1, 0.15) is 28.8 Å². The van der Waals surface area contributed by atoms with Crippen LogP contribution in [-0.4, -0.2) is 33.4 Å². The second-order valence-corrected chi connectivity index (χ2v) is 5.97. The van der Waals surface area contributed by atoms with E-state index in [1.165, 1.54) is 10.8 Å². The Hall–Kier alpha value is -2.34. The van der Waals surface area contributed by atoms with Crippen LogP contribution in [0.4, 0.5) is 0 Å². The molecule has 1 amide bonds. The molecule has 0 aliphatic carbocycles. The number of likely N-dealkylation sites (tertiary alicyclic amines) is 1. The summed E-state index contributed by atoms with van der Waals surface area (Å²) in [5.41, 5.74) is 0.367. The van der Waals surface area contributed by atoms with Crippen LogP contribution < -0.4 is 11.2 Å². The van der Waals surface area contributed by atoms with Crippen LogP contribution in [0.3, 0.4) is 0 Å². The molecule has 1 N–H and O–H groups in total. The molecule has 0 spiro atoms. The summed E-state index contributed by atoms with van der Waals surface area (Å²) < 4.78 is 1.32. The Morgan fingerprint density at radius 1 is 1.13 bits per heavy atom. The van der Waals surface area contributed by atoms with Crippen molar-refractivity contribution in [2.24, 2.45) is 0 Å². The number of aromatic nitrogens is 2. The van der Waals surface area contributed by atoms with Crippen molar-refractivity contribution < 1.29 is 4.79 Å². The molecule has 1 aliphatic rings. The van der Waals surface area contributed by atoms with Crippen molar-refractivity contribution in [3.8, 4) is 0 Å². The maximum absolute atomic E-state index is 12.3. The number of H-pyrrole nitrogens is 1. The molecule has 2 aromatic rings. The fourth-order valence-corrected chi connectivity index (χ4v) is 2.82. The largest absolute Gasteiger partial charge is 0.339 e. The van der Waals surface area contributed by atoms with Crippen molar-refractivity contribution in [1.82, 2.24) is 14.5 Å². The first-order valence-corrected chi connectivity index (χ1v) is 7.80. The summed E-state index contributed by atoms with van der Waals surface area (Å²) in [5, 5.41) is -0.0366. The molecular formula is C16H16ClN3O3. The van der Waals surface area contributed by atoms with E-state index in [1.807, 2.05) is 4.90 Å². The standard InChI is InChI=1S/C16H16ClN3O3/c17-13-10-20(16(23)18-14(13)21)9-11-3-5-12(6-4-11)15(22)19-7-1-2-8-19/h3-6,10H,1-2,7-9H2,(H,18,21,23). The molecule has 0 atom stereocenters. The van der Waals surface area contributed by atoms with E-state index in [4.69, 9.17) is 11.6 Å². The third-order valence-corrected chi connectivity index (χ3v) is 4.18. The number of benzene rings is 1. The van der Waals surface area contributed by atoms with E-state index in [2.05, 4.69) is 4.98 Å². The molecule has 1 fully saturated rings. The van der Waals surface area contributed by atoms with Gasteiger partial charge in [0.25, 0.3) is 11.5 Å². The second kappa shape index (κ2) is 6.42. The molecule has 7 heteroatoms. The quantitative estimate of drug-likeness (QED) is 0.924. The summed E-state index contributed by atoms with van der Waals surface area (Å²) in [5.74, 6) is 0.0401. The SMILES string of the molecule is O=C(c1ccc(Cn2cc(Cl)c(=O)[nH]c2=O)cc1)N1CCCC1. The first-order valence-electron chi connectivity index (χ1n) is 7.42. The minimum absolute atomic E-state index is 0.0366.